The minimum atomic E-state index is -0.131. The summed E-state index contributed by atoms with van der Waals surface area (Å²) in [6.07, 6.45) is 7.88. The molecule has 0 aromatic heterocycles. The van der Waals surface area contributed by atoms with E-state index >= 15 is 0 Å². The molecule has 86 valence electrons. The van der Waals surface area contributed by atoms with E-state index in [2.05, 4.69) is 13.8 Å². The molecule has 0 saturated heterocycles. The molecule has 0 unspecified atom stereocenters. The van der Waals surface area contributed by atoms with E-state index in [0.717, 1.165) is 31.6 Å². The minimum Gasteiger partial charge on any atom is -0.459 e. The van der Waals surface area contributed by atoms with Gasteiger partial charge in [-0.2, -0.15) is 0 Å². The first-order valence-electron chi connectivity index (χ1n) is 6.36. The molecule has 0 aliphatic heterocycles. The monoisotopic (exact) mass is 210 g/mol. The minimum absolute atomic E-state index is 0.0732. The van der Waals surface area contributed by atoms with Crippen molar-refractivity contribution in [3.05, 3.63) is 0 Å². The summed E-state index contributed by atoms with van der Waals surface area (Å²) < 4.78 is 5.66. The zero-order valence-corrected chi connectivity index (χ0v) is 9.92. The maximum atomic E-state index is 11.8. The van der Waals surface area contributed by atoms with E-state index in [9.17, 15) is 4.79 Å². The van der Waals surface area contributed by atoms with Crippen molar-refractivity contribution in [3.8, 4) is 0 Å². The van der Waals surface area contributed by atoms with E-state index in [0.29, 0.717) is 0 Å². The molecule has 0 aromatic rings. The Morgan fingerprint density at radius 3 is 2.47 bits per heavy atom. The number of rotatable bonds is 3. The van der Waals surface area contributed by atoms with Crippen LogP contribution in [-0.4, -0.2) is 11.6 Å². The van der Waals surface area contributed by atoms with Gasteiger partial charge < -0.3 is 4.74 Å². The molecule has 0 N–H and O–H groups in total. The standard InChI is InChI=1S/C13H22O2/c1-3-10-8-11(9-10)12(14)15-13(2)6-4-5-7-13/h10-11H,3-9H2,1-2H3. The van der Waals surface area contributed by atoms with Crippen LogP contribution in [0.4, 0.5) is 0 Å². The molecule has 0 bridgehead atoms. The Balaban J connectivity index is 1.78. The molecule has 2 heteroatoms. The topological polar surface area (TPSA) is 26.3 Å². The van der Waals surface area contributed by atoms with Crippen LogP contribution in [-0.2, 0) is 9.53 Å². The highest BCUT2D eigenvalue weighted by Gasteiger charge is 2.39. The number of ether oxygens (including phenoxy) is 1. The molecule has 2 saturated carbocycles. The fourth-order valence-corrected chi connectivity index (χ4v) is 2.81. The van der Waals surface area contributed by atoms with Gasteiger partial charge in [-0.25, -0.2) is 0 Å². The Bertz CT molecular complexity index is 235. The molecule has 2 nitrogen and oxygen atoms in total. The average molecular weight is 210 g/mol. The van der Waals surface area contributed by atoms with Crippen LogP contribution in [0.2, 0.25) is 0 Å². The lowest BCUT2D eigenvalue weighted by atomic mass is 9.73. The van der Waals surface area contributed by atoms with Crippen LogP contribution in [0.25, 0.3) is 0 Å². The van der Waals surface area contributed by atoms with Gasteiger partial charge in [0.25, 0.3) is 0 Å². The second-order valence-corrected chi connectivity index (χ2v) is 5.52. The molecule has 2 rings (SSSR count). The summed E-state index contributed by atoms with van der Waals surface area (Å²) in [5, 5.41) is 0. The van der Waals surface area contributed by atoms with Crippen LogP contribution >= 0.6 is 0 Å². The summed E-state index contributed by atoms with van der Waals surface area (Å²) in [4.78, 5) is 11.8. The Labute approximate surface area is 92.4 Å². The number of esters is 1. The van der Waals surface area contributed by atoms with Gasteiger partial charge in [-0.3, -0.25) is 4.79 Å². The summed E-state index contributed by atoms with van der Waals surface area (Å²) in [6.45, 7) is 4.29. The maximum absolute atomic E-state index is 11.8. The van der Waals surface area contributed by atoms with Crippen molar-refractivity contribution in [1.29, 1.82) is 0 Å². The van der Waals surface area contributed by atoms with Crippen molar-refractivity contribution in [2.75, 3.05) is 0 Å². The maximum Gasteiger partial charge on any atom is 0.309 e. The number of carbonyl (C=O) groups excluding carboxylic acids is 1. The summed E-state index contributed by atoms with van der Waals surface area (Å²) >= 11 is 0. The smallest absolute Gasteiger partial charge is 0.309 e. The second-order valence-electron chi connectivity index (χ2n) is 5.52. The Morgan fingerprint density at radius 1 is 1.33 bits per heavy atom. The summed E-state index contributed by atoms with van der Waals surface area (Å²) in [7, 11) is 0. The summed E-state index contributed by atoms with van der Waals surface area (Å²) in [6, 6.07) is 0. The molecule has 2 fully saturated rings. The van der Waals surface area contributed by atoms with Crippen LogP contribution in [0.15, 0.2) is 0 Å². The van der Waals surface area contributed by atoms with E-state index in [1.807, 2.05) is 0 Å². The lowest BCUT2D eigenvalue weighted by Crippen LogP contribution is -2.37. The first-order valence-corrected chi connectivity index (χ1v) is 6.36. The lowest BCUT2D eigenvalue weighted by molar-refractivity contribution is -0.167. The van der Waals surface area contributed by atoms with Crippen LogP contribution < -0.4 is 0 Å². The van der Waals surface area contributed by atoms with Gasteiger partial charge >= 0.3 is 5.97 Å². The molecule has 2 aliphatic carbocycles. The highest BCUT2D eigenvalue weighted by atomic mass is 16.6. The summed E-state index contributed by atoms with van der Waals surface area (Å²) in [5.41, 5.74) is -0.131. The molecular formula is C13H22O2. The third kappa shape index (κ3) is 2.35. The molecule has 0 atom stereocenters. The largest absolute Gasteiger partial charge is 0.459 e. The zero-order chi connectivity index (χ0) is 10.9. The normalized spacial score (nSPS) is 33.5. The molecular weight excluding hydrogens is 188 g/mol. The van der Waals surface area contributed by atoms with Crippen LogP contribution in [0.1, 0.15) is 58.8 Å². The average Bonchev–Trinajstić information content (AvgIpc) is 2.49. The quantitative estimate of drug-likeness (QED) is 0.668. The predicted octanol–water partition coefficient (Wildman–Crippen LogP) is 3.30. The predicted molar refractivity (Wildman–Crippen MR) is 59.5 cm³/mol. The first kappa shape index (κ1) is 11.0. The number of carbonyl (C=O) groups is 1. The molecule has 15 heavy (non-hydrogen) atoms. The third-order valence-electron chi connectivity index (χ3n) is 4.15. The van der Waals surface area contributed by atoms with Crippen molar-refractivity contribution in [2.45, 2.75) is 64.4 Å². The Morgan fingerprint density at radius 2 is 1.93 bits per heavy atom. The van der Waals surface area contributed by atoms with Crippen molar-refractivity contribution in [1.82, 2.24) is 0 Å². The van der Waals surface area contributed by atoms with Crippen LogP contribution in [0.3, 0.4) is 0 Å². The van der Waals surface area contributed by atoms with Crippen molar-refractivity contribution in [3.63, 3.8) is 0 Å². The van der Waals surface area contributed by atoms with Crippen LogP contribution in [0.5, 0.6) is 0 Å². The SMILES string of the molecule is CCC1CC(C(=O)OC2(C)CCCC2)C1. The Kier molecular flexibility index (Phi) is 3.03. The molecule has 0 aromatic carbocycles. The third-order valence-corrected chi connectivity index (χ3v) is 4.15. The molecule has 0 heterocycles. The van der Waals surface area contributed by atoms with Gasteiger partial charge in [0, 0.05) is 0 Å². The van der Waals surface area contributed by atoms with Gasteiger partial charge in [0.2, 0.25) is 0 Å². The van der Waals surface area contributed by atoms with E-state index in [1.165, 1.54) is 19.3 Å². The van der Waals surface area contributed by atoms with Crippen molar-refractivity contribution < 1.29 is 9.53 Å². The molecule has 0 spiro atoms. The van der Waals surface area contributed by atoms with E-state index in [-0.39, 0.29) is 17.5 Å². The second kappa shape index (κ2) is 4.15. The van der Waals surface area contributed by atoms with Crippen molar-refractivity contribution >= 4 is 5.97 Å². The van der Waals surface area contributed by atoms with Gasteiger partial charge in [0.15, 0.2) is 0 Å². The van der Waals surface area contributed by atoms with E-state index in [1.54, 1.807) is 0 Å². The van der Waals surface area contributed by atoms with Gasteiger partial charge in [-0.05, 0) is 51.4 Å². The lowest BCUT2D eigenvalue weighted by Gasteiger charge is -2.35. The van der Waals surface area contributed by atoms with Gasteiger partial charge in [-0.15, -0.1) is 0 Å². The summed E-state index contributed by atoms with van der Waals surface area (Å²) in [5.74, 6) is 1.07. The van der Waals surface area contributed by atoms with Gasteiger partial charge in [-0.1, -0.05) is 13.3 Å². The highest BCUT2D eigenvalue weighted by molar-refractivity contribution is 5.74. The molecule has 2 aliphatic rings. The van der Waals surface area contributed by atoms with E-state index in [4.69, 9.17) is 4.74 Å². The number of hydrogen-bond donors (Lipinski definition) is 0. The first-order chi connectivity index (χ1) is 7.13. The fourth-order valence-electron chi connectivity index (χ4n) is 2.81. The van der Waals surface area contributed by atoms with Gasteiger partial charge in [0.1, 0.15) is 5.60 Å². The van der Waals surface area contributed by atoms with E-state index < -0.39 is 0 Å². The Hall–Kier alpha value is -0.530. The van der Waals surface area contributed by atoms with Crippen molar-refractivity contribution in [2.24, 2.45) is 11.8 Å². The zero-order valence-electron chi connectivity index (χ0n) is 9.92. The molecule has 0 radical (unpaired) electrons. The number of hydrogen-bond acceptors (Lipinski definition) is 2. The van der Waals surface area contributed by atoms with Gasteiger partial charge in [0.05, 0.1) is 5.92 Å². The van der Waals surface area contributed by atoms with Crippen LogP contribution in [0, 0.1) is 11.8 Å². The fraction of sp³-hybridized carbons (Fsp3) is 0.923. The highest BCUT2D eigenvalue weighted by Crippen LogP contribution is 2.39. The molecule has 0 amide bonds.